The number of rotatable bonds is 4. The molecular formula is C5H9F2NO. The Morgan fingerprint density at radius 3 is 2.56 bits per heavy atom. The third kappa shape index (κ3) is 7.33. The van der Waals surface area contributed by atoms with Gasteiger partial charge in [-0.15, -0.1) is 0 Å². The first kappa shape index (κ1) is 8.33. The summed E-state index contributed by atoms with van der Waals surface area (Å²) in [6.07, 6.45) is 0.109. The van der Waals surface area contributed by atoms with Crippen molar-refractivity contribution in [3.05, 3.63) is 0 Å². The summed E-state index contributed by atoms with van der Waals surface area (Å²) in [5.41, 5.74) is 0. The van der Waals surface area contributed by atoms with Crippen molar-refractivity contribution < 1.29 is 13.6 Å². The molecule has 2 nitrogen and oxygen atoms in total. The molecule has 0 heterocycles. The van der Waals surface area contributed by atoms with E-state index in [2.05, 4.69) is 5.32 Å². The Bertz CT molecular complexity index is 89.4. The molecule has 0 atom stereocenters. The summed E-state index contributed by atoms with van der Waals surface area (Å²) in [6.45, 7) is 0.854. The largest absolute Gasteiger partial charge is 0.358 e. The van der Waals surface area contributed by atoms with Crippen LogP contribution in [0.5, 0.6) is 0 Å². The maximum absolute atomic E-state index is 11.9. The minimum Gasteiger partial charge on any atom is -0.358 e. The Morgan fingerprint density at radius 2 is 2.22 bits per heavy atom. The van der Waals surface area contributed by atoms with Gasteiger partial charge < -0.3 is 5.32 Å². The standard InChI is InChI=1S/C5H9F2NO/c1-5(6,7)2-3-8-4-9/h4H,2-3H2,1H3,(H,8,9). The van der Waals surface area contributed by atoms with E-state index in [1.807, 2.05) is 0 Å². The second-order valence-corrected chi connectivity index (χ2v) is 1.89. The number of hydrogen-bond acceptors (Lipinski definition) is 1. The summed E-state index contributed by atoms with van der Waals surface area (Å²) in [7, 11) is 0. The van der Waals surface area contributed by atoms with Crippen molar-refractivity contribution in [1.29, 1.82) is 0 Å². The van der Waals surface area contributed by atoms with E-state index in [1.54, 1.807) is 0 Å². The van der Waals surface area contributed by atoms with Gasteiger partial charge in [-0.3, -0.25) is 4.79 Å². The summed E-state index contributed by atoms with van der Waals surface area (Å²) in [5, 5.41) is 2.14. The zero-order valence-corrected chi connectivity index (χ0v) is 5.16. The third-order valence-corrected chi connectivity index (χ3v) is 0.792. The highest BCUT2D eigenvalue weighted by atomic mass is 19.3. The molecule has 0 aliphatic carbocycles. The topological polar surface area (TPSA) is 29.1 Å². The number of alkyl halides is 2. The van der Waals surface area contributed by atoms with E-state index in [0.29, 0.717) is 6.41 Å². The van der Waals surface area contributed by atoms with Crippen LogP contribution in [0.15, 0.2) is 0 Å². The van der Waals surface area contributed by atoms with Crippen LogP contribution in [0.4, 0.5) is 8.78 Å². The molecule has 0 unspecified atom stereocenters. The van der Waals surface area contributed by atoms with Crippen molar-refractivity contribution in [2.45, 2.75) is 19.3 Å². The summed E-state index contributed by atoms with van der Waals surface area (Å²) in [6, 6.07) is 0. The van der Waals surface area contributed by atoms with Gasteiger partial charge in [0.05, 0.1) is 0 Å². The maximum atomic E-state index is 11.9. The lowest BCUT2D eigenvalue weighted by atomic mass is 10.3. The van der Waals surface area contributed by atoms with Gasteiger partial charge in [-0.1, -0.05) is 0 Å². The van der Waals surface area contributed by atoms with Gasteiger partial charge >= 0.3 is 0 Å². The Labute approximate surface area is 52.2 Å². The fraction of sp³-hybridized carbons (Fsp3) is 0.800. The monoisotopic (exact) mass is 137 g/mol. The number of nitrogens with one attached hydrogen (secondary N) is 1. The molecule has 54 valence electrons. The van der Waals surface area contributed by atoms with E-state index in [1.165, 1.54) is 0 Å². The van der Waals surface area contributed by atoms with Crippen LogP contribution in [-0.4, -0.2) is 18.9 Å². The zero-order chi connectivity index (χ0) is 7.33. The number of carbonyl (C=O) groups is 1. The van der Waals surface area contributed by atoms with Gasteiger partial charge in [-0.05, 0) is 6.92 Å². The van der Waals surface area contributed by atoms with Crippen molar-refractivity contribution in [1.82, 2.24) is 5.32 Å². The summed E-state index contributed by atoms with van der Waals surface area (Å²) < 4.78 is 23.8. The molecule has 0 aromatic rings. The first-order chi connectivity index (χ1) is 4.06. The molecule has 0 bridgehead atoms. The summed E-state index contributed by atoms with van der Waals surface area (Å²) >= 11 is 0. The van der Waals surface area contributed by atoms with Crippen LogP contribution in [0.3, 0.4) is 0 Å². The molecule has 0 aliphatic heterocycles. The van der Waals surface area contributed by atoms with Gasteiger partial charge in [-0.25, -0.2) is 8.78 Å². The van der Waals surface area contributed by atoms with Crippen LogP contribution in [0, 0.1) is 0 Å². The second-order valence-electron chi connectivity index (χ2n) is 1.89. The van der Waals surface area contributed by atoms with Crippen molar-refractivity contribution in [3.8, 4) is 0 Å². The minimum absolute atomic E-state index is 0.0347. The van der Waals surface area contributed by atoms with E-state index in [0.717, 1.165) is 6.92 Å². The molecule has 0 aliphatic rings. The van der Waals surface area contributed by atoms with Gasteiger partial charge in [-0.2, -0.15) is 0 Å². The molecule has 0 radical (unpaired) electrons. The molecule has 0 saturated carbocycles. The van der Waals surface area contributed by atoms with Crippen molar-refractivity contribution in [3.63, 3.8) is 0 Å². The van der Waals surface area contributed by atoms with E-state index in [9.17, 15) is 13.6 Å². The van der Waals surface area contributed by atoms with Crippen LogP contribution >= 0.6 is 0 Å². The number of amides is 1. The lowest BCUT2D eigenvalue weighted by Gasteiger charge is -2.07. The van der Waals surface area contributed by atoms with Gasteiger partial charge in [0, 0.05) is 13.0 Å². The van der Waals surface area contributed by atoms with Crippen molar-refractivity contribution in [2.24, 2.45) is 0 Å². The average molecular weight is 137 g/mol. The van der Waals surface area contributed by atoms with Crippen LogP contribution in [0.2, 0.25) is 0 Å². The van der Waals surface area contributed by atoms with E-state index < -0.39 is 5.92 Å². The molecule has 0 rings (SSSR count). The molecule has 0 aromatic heterocycles. The van der Waals surface area contributed by atoms with Crippen molar-refractivity contribution in [2.75, 3.05) is 6.54 Å². The van der Waals surface area contributed by atoms with Crippen LogP contribution < -0.4 is 5.32 Å². The van der Waals surface area contributed by atoms with Crippen LogP contribution in [0.25, 0.3) is 0 Å². The molecular weight excluding hydrogens is 128 g/mol. The summed E-state index contributed by atoms with van der Waals surface area (Å²) in [4.78, 5) is 9.53. The third-order valence-electron chi connectivity index (χ3n) is 0.792. The predicted octanol–water partition coefficient (Wildman–Crippen LogP) is 0.778. The first-order valence-electron chi connectivity index (χ1n) is 2.61. The Morgan fingerprint density at radius 1 is 1.67 bits per heavy atom. The smallest absolute Gasteiger partial charge is 0.247 e. The SMILES string of the molecule is CC(F)(F)CCNC=O. The normalized spacial score (nSPS) is 11.0. The van der Waals surface area contributed by atoms with Gasteiger partial charge in [0.25, 0.3) is 0 Å². The van der Waals surface area contributed by atoms with E-state index in [4.69, 9.17) is 0 Å². The Balaban J connectivity index is 3.17. The Hall–Kier alpha value is -0.670. The maximum Gasteiger partial charge on any atom is 0.247 e. The zero-order valence-electron chi connectivity index (χ0n) is 5.16. The lowest BCUT2D eigenvalue weighted by Crippen LogP contribution is -2.20. The number of halogens is 2. The molecule has 9 heavy (non-hydrogen) atoms. The highest BCUT2D eigenvalue weighted by molar-refractivity contribution is 5.45. The summed E-state index contributed by atoms with van der Waals surface area (Å²) in [5.74, 6) is -2.67. The molecule has 4 heteroatoms. The van der Waals surface area contributed by atoms with Crippen molar-refractivity contribution >= 4 is 6.41 Å². The predicted molar refractivity (Wildman–Crippen MR) is 29.3 cm³/mol. The molecule has 0 fully saturated rings. The average Bonchev–Trinajstić information content (AvgIpc) is 1.63. The highest BCUT2D eigenvalue weighted by Crippen LogP contribution is 2.14. The quantitative estimate of drug-likeness (QED) is 0.450. The minimum atomic E-state index is -2.67. The lowest BCUT2D eigenvalue weighted by molar-refractivity contribution is -0.109. The fourth-order valence-corrected chi connectivity index (χ4v) is 0.351. The van der Waals surface area contributed by atoms with E-state index in [-0.39, 0.29) is 13.0 Å². The van der Waals surface area contributed by atoms with Gasteiger partial charge in [0.15, 0.2) is 0 Å². The van der Waals surface area contributed by atoms with Gasteiger partial charge in [0.2, 0.25) is 12.3 Å². The number of carbonyl (C=O) groups excluding carboxylic acids is 1. The van der Waals surface area contributed by atoms with Crippen LogP contribution in [0.1, 0.15) is 13.3 Å². The molecule has 1 amide bonds. The first-order valence-corrected chi connectivity index (χ1v) is 2.61. The molecule has 0 spiro atoms. The Kier molecular flexibility index (Phi) is 3.12. The number of hydrogen-bond donors (Lipinski definition) is 1. The highest BCUT2D eigenvalue weighted by Gasteiger charge is 2.19. The fourth-order valence-electron chi connectivity index (χ4n) is 0.351. The molecule has 0 aromatic carbocycles. The van der Waals surface area contributed by atoms with Crippen LogP contribution in [-0.2, 0) is 4.79 Å². The van der Waals surface area contributed by atoms with E-state index >= 15 is 0 Å². The molecule has 1 N–H and O–H groups in total. The van der Waals surface area contributed by atoms with Gasteiger partial charge in [0.1, 0.15) is 0 Å². The molecule has 0 saturated heterocycles. The second kappa shape index (κ2) is 3.37.